The standard InChI is InChI=1S/C24H34N4O/c1-3-4-5-22-25-14-19(26-22)15-28-16-21(17-6-8-20(29-2)9-7-17)24-23(28)18-10-12-27(24)13-11-18/h6-9,14,18,21,23-24H,3-5,10-13,15-16H2,1-2H3,(H,25,26)/t21-,23+,24+/m0/s1. The fourth-order valence-corrected chi connectivity index (χ4v) is 6.04. The molecule has 1 aromatic heterocycles. The minimum Gasteiger partial charge on any atom is -0.497 e. The smallest absolute Gasteiger partial charge is 0.118 e. The number of piperidine rings is 3. The lowest BCUT2D eigenvalue weighted by Crippen LogP contribution is -2.60. The number of aromatic nitrogens is 2. The molecule has 29 heavy (non-hydrogen) atoms. The molecule has 5 nitrogen and oxygen atoms in total. The van der Waals surface area contributed by atoms with Crippen molar-refractivity contribution < 1.29 is 4.74 Å². The van der Waals surface area contributed by atoms with E-state index in [2.05, 4.69) is 57.2 Å². The highest BCUT2D eigenvalue weighted by atomic mass is 16.5. The van der Waals surface area contributed by atoms with Gasteiger partial charge in [0.25, 0.3) is 0 Å². The number of likely N-dealkylation sites (tertiary alicyclic amines) is 1. The van der Waals surface area contributed by atoms with Gasteiger partial charge in [-0.25, -0.2) is 4.98 Å². The van der Waals surface area contributed by atoms with Crippen molar-refractivity contribution in [3.05, 3.63) is 47.5 Å². The predicted molar refractivity (Wildman–Crippen MR) is 115 cm³/mol. The third-order valence-corrected chi connectivity index (χ3v) is 7.46. The molecule has 156 valence electrons. The highest BCUT2D eigenvalue weighted by Gasteiger charge is 2.53. The fraction of sp³-hybridized carbons (Fsp3) is 0.625. The van der Waals surface area contributed by atoms with Gasteiger partial charge in [0.2, 0.25) is 0 Å². The number of ether oxygens (including phenoxy) is 1. The first-order valence-corrected chi connectivity index (χ1v) is 11.4. The molecule has 0 unspecified atom stereocenters. The zero-order valence-electron chi connectivity index (χ0n) is 17.8. The Balaban J connectivity index is 1.38. The van der Waals surface area contributed by atoms with Gasteiger partial charge in [-0.2, -0.15) is 0 Å². The Hall–Kier alpha value is -1.85. The molecule has 3 atom stereocenters. The number of nitrogens with zero attached hydrogens (tertiary/aromatic N) is 3. The second-order valence-corrected chi connectivity index (χ2v) is 9.12. The number of rotatable bonds is 7. The number of nitrogens with one attached hydrogen (secondary N) is 1. The second-order valence-electron chi connectivity index (χ2n) is 9.12. The molecule has 4 saturated heterocycles. The fourth-order valence-electron chi connectivity index (χ4n) is 6.04. The Morgan fingerprint density at radius 3 is 2.66 bits per heavy atom. The molecular weight excluding hydrogens is 360 g/mol. The summed E-state index contributed by atoms with van der Waals surface area (Å²) in [7, 11) is 1.74. The first-order valence-electron chi connectivity index (χ1n) is 11.4. The van der Waals surface area contributed by atoms with Crippen molar-refractivity contribution in [3.8, 4) is 5.75 Å². The second kappa shape index (κ2) is 8.11. The lowest BCUT2D eigenvalue weighted by molar-refractivity contribution is -0.00896. The molecule has 0 aliphatic carbocycles. The van der Waals surface area contributed by atoms with Gasteiger partial charge >= 0.3 is 0 Å². The molecule has 2 aromatic rings. The van der Waals surface area contributed by atoms with E-state index in [0.29, 0.717) is 18.0 Å². The molecule has 4 fully saturated rings. The summed E-state index contributed by atoms with van der Waals surface area (Å²) < 4.78 is 5.39. The lowest BCUT2D eigenvalue weighted by atomic mass is 9.75. The number of aromatic amines is 1. The average Bonchev–Trinajstić information content (AvgIpc) is 3.39. The van der Waals surface area contributed by atoms with Crippen LogP contribution in [0.15, 0.2) is 30.5 Å². The Morgan fingerprint density at radius 2 is 1.93 bits per heavy atom. The number of hydrogen-bond donors (Lipinski definition) is 1. The summed E-state index contributed by atoms with van der Waals surface area (Å²) in [5, 5.41) is 0. The van der Waals surface area contributed by atoms with Crippen LogP contribution in [0.4, 0.5) is 0 Å². The molecule has 1 N–H and O–H groups in total. The van der Waals surface area contributed by atoms with Gasteiger partial charge in [-0.15, -0.1) is 0 Å². The van der Waals surface area contributed by atoms with Crippen molar-refractivity contribution in [1.29, 1.82) is 0 Å². The van der Waals surface area contributed by atoms with Crippen LogP contribution >= 0.6 is 0 Å². The quantitative estimate of drug-likeness (QED) is 0.775. The topological polar surface area (TPSA) is 44.4 Å². The molecule has 6 rings (SSSR count). The maximum atomic E-state index is 5.39. The maximum absolute atomic E-state index is 5.39. The number of benzene rings is 1. The number of fused-ring (bicyclic) bond motifs is 2. The number of H-pyrrole nitrogens is 1. The van der Waals surface area contributed by atoms with Gasteiger partial charge in [0, 0.05) is 49.4 Å². The number of hydrogen-bond acceptors (Lipinski definition) is 4. The molecule has 4 aliphatic heterocycles. The Labute approximate surface area is 174 Å². The molecule has 5 heteroatoms. The van der Waals surface area contributed by atoms with E-state index in [0.717, 1.165) is 37.0 Å². The third-order valence-electron chi connectivity index (χ3n) is 7.46. The summed E-state index contributed by atoms with van der Waals surface area (Å²) >= 11 is 0. The molecule has 1 aromatic carbocycles. The first-order chi connectivity index (χ1) is 14.3. The molecule has 4 aliphatic rings. The minimum absolute atomic E-state index is 0.580. The van der Waals surface area contributed by atoms with Gasteiger partial charge in [-0.3, -0.25) is 9.80 Å². The van der Waals surface area contributed by atoms with Gasteiger partial charge in [0.1, 0.15) is 11.6 Å². The van der Waals surface area contributed by atoms with E-state index in [1.54, 1.807) is 7.11 Å². The van der Waals surface area contributed by atoms with Crippen molar-refractivity contribution in [3.63, 3.8) is 0 Å². The predicted octanol–water partition coefficient (Wildman–Crippen LogP) is 3.82. The van der Waals surface area contributed by atoms with Crippen molar-refractivity contribution >= 4 is 0 Å². The molecule has 5 heterocycles. The highest BCUT2D eigenvalue weighted by molar-refractivity contribution is 5.33. The molecular formula is C24H34N4O. The van der Waals surface area contributed by atoms with Crippen LogP contribution in [0.2, 0.25) is 0 Å². The van der Waals surface area contributed by atoms with Crippen LogP contribution in [0.25, 0.3) is 0 Å². The van der Waals surface area contributed by atoms with Gasteiger partial charge in [-0.05, 0) is 56.0 Å². The molecule has 0 radical (unpaired) electrons. The minimum atomic E-state index is 0.580. The lowest BCUT2D eigenvalue weighted by Gasteiger charge is -2.51. The number of aryl methyl sites for hydroxylation is 1. The number of unbranched alkanes of at least 4 members (excludes halogenated alkanes) is 1. The molecule has 0 saturated carbocycles. The van der Waals surface area contributed by atoms with E-state index in [9.17, 15) is 0 Å². The van der Waals surface area contributed by atoms with E-state index in [-0.39, 0.29) is 0 Å². The largest absolute Gasteiger partial charge is 0.497 e. The van der Waals surface area contributed by atoms with Gasteiger partial charge in [-0.1, -0.05) is 25.5 Å². The summed E-state index contributed by atoms with van der Waals surface area (Å²) in [4.78, 5) is 13.8. The summed E-state index contributed by atoms with van der Waals surface area (Å²) in [6, 6.07) is 10.1. The van der Waals surface area contributed by atoms with Crippen molar-refractivity contribution in [2.45, 2.75) is 63.6 Å². The average molecular weight is 395 g/mol. The SMILES string of the molecule is CCCCc1ncc(CN2C[C@@H](c3ccc(OC)cc3)[C@@H]3[C@H]2C2CCN3CC2)[nH]1. The van der Waals surface area contributed by atoms with E-state index in [1.807, 2.05) is 0 Å². The van der Waals surface area contributed by atoms with Crippen molar-refractivity contribution in [1.82, 2.24) is 19.8 Å². The van der Waals surface area contributed by atoms with E-state index < -0.39 is 0 Å². The van der Waals surface area contributed by atoms with Gasteiger partial charge in [0.05, 0.1) is 7.11 Å². The molecule has 0 spiro atoms. The number of imidazole rings is 1. The van der Waals surface area contributed by atoms with Crippen LogP contribution in [0, 0.1) is 5.92 Å². The van der Waals surface area contributed by atoms with Crippen LogP contribution in [0.3, 0.4) is 0 Å². The van der Waals surface area contributed by atoms with Crippen LogP contribution in [0.1, 0.15) is 55.6 Å². The monoisotopic (exact) mass is 394 g/mol. The molecule has 0 amide bonds. The Kier molecular flexibility index (Phi) is 5.35. The zero-order valence-corrected chi connectivity index (χ0v) is 17.8. The van der Waals surface area contributed by atoms with Crippen LogP contribution in [0.5, 0.6) is 5.75 Å². The maximum Gasteiger partial charge on any atom is 0.118 e. The third kappa shape index (κ3) is 3.59. The zero-order chi connectivity index (χ0) is 19.8. The molecule has 2 bridgehead atoms. The van der Waals surface area contributed by atoms with E-state index >= 15 is 0 Å². The summed E-state index contributed by atoms with van der Waals surface area (Å²) in [5.41, 5.74) is 2.74. The van der Waals surface area contributed by atoms with Gasteiger partial charge < -0.3 is 9.72 Å². The number of methoxy groups -OCH3 is 1. The summed E-state index contributed by atoms with van der Waals surface area (Å²) in [6.45, 7) is 6.92. The van der Waals surface area contributed by atoms with Crippen molar-refractivity contribution in [2.24, 2.45) is 5.92 Å². The normalized spacial score (nSPS) is 31.2. The van der Waals surface area contributed by atoms with Crippen LogP contribution in [-0.2, 0) is 13.0 Å². The van der Waals surface area contributed by atoms with Gasteiger partial charge in [0.15, 0.2) is 0 Å². The highest BCUT2D eigenvalue weighted by Crippen LogP contribution is 2.47. The van der Waals surface area contributed by atoms with Crippen molar-refractivity contribution in [2.75, 3.05) is 26.7 Å². The van der Waals surface area contributed by atoms with E-state index in [4.69, 9.17) is 4.74 Å². The summed E-state index contributed by atoms with van der Waals surface area (Å²) in [5.74, 6) is 3.52. The first kappa shape index (κ1) is 19.1. The summed E-state index contributed by atoms with van der Waals surface area (Å²) in [6.07, 6.45) is 8.27. The van der Waals surface area contributed by atoms with Crippen LogP contribution < -0.4 is 4.74 Å². The Morgan fingerprint density at radius 1 is 1.14 bits per heavy atom. The van der Waals surface area contributed by atoms with Crippen LogP contribution in [-0.4, -0.2) is 58.6 Å². The Bertz CT molecular complexity index is 809. The van der Waals surface area contributed by atoms with E-state index in [1.165, 1.54) is 50.0 Å².